The lowest BCUT2D eigenvalue weighted by molar-refractivity contribution is 0.00301. The minimum Gasteiger partial charge on any atom is -0.391 e. The third-order valence-corrected chi connectivity index (χ3v) is 4.00. The van der Waals surface area contributed by atoms with E-state index < -0.39 is 0 Å². The zero-order valence-electron chi connectivity index (χ0n) is 11.7. The summed E-state index contributed by atoms with van der Waals surface area (Å²) in [6.45, 7) is 6.32. The Kier molecular flexibility index (Phi) is 4.72. The Balaban J connectivity index is 2.77. The van der Waals surface area contributed by atoms with Gasteiger partial charge in [0.1, 0.15) is 0 Å². The van der Waals surface area contributed by atoms with Gasteiger partial charge < -0.3 is 10.0 Å². The number of aliphatic hydroxyl groups is 1. The molecule has 1 aromatic rings. The predicted molar refractivity (Wildman–Crippen MR) is 73.3 cm³/mol. The first kappa shape index (κ1) is 14.2. The van der Waals surface area contributed by atoms with Crippen LogP contribution in [0, 0.1) is 6.92 Å². The predicted octanol–water partition coefficient (Wildman–Crippen LogP) is 2.63. The zero-order chi connectivity index (χ0) is 13.1. The molecule has 0 bridgehead atoms. The van der Waals surface area contributed by atoms with Crippen molar-refractivity contribution >= 4 is 0 Å². The van der Waals surface area contributed by atoms with Crippen LogP contribution in [0.1, 0.15) is 31.4 Å². The highest BCUT2D eigenvalue weighted by atomic mass is 16.3. The van der Waals surface area contributed by atoms with Crippen molar-refractivity contribution in [3.63, 3.8) is 0 Å². The number of nitrogens with zero attached hydrogens (tertiary/aromatic N) is 1. The van der Waals surface area contributed by atoms with Gasteiger partial charge in [-0.3, -0.25) is 0 Å². The molecular formula is C15H25NO. The Morgan fingerprint density at radius 3 is 2.18 bits per heavy atom. The van der Waals surface area contributed by atoms with E-state index in [0.717, 1.165) is 6.42 Å². The summed E-state index contributed by atoms with van der Waals surface area (Å²) in [6, 6.07) is 8.40. The van der Waals surface area contributed by atoms with Crippen LogP contribution >= 0.6 is 0 Å². The van der Waals surface area contributed by atoms with Gasteiger partial charge in [0.25, 0.3) is 0 Å². The molecule has 0 aliphatic heterocycles. The lowest BCUT2D eigenvalue weighted by atomic mass is 9.86. The first-order chi connectivity index (χ1) is 7.90. The summed E-state index contributed by atoms with van der Waals surface area (Å²) in [6.07, 6.45) is 1.31. The van der Waals surface area contributed by atoms with E-state index in [1.807, 2.05) is 14.1 Å². The van der Waals surface area contributed by atoms with Crippen LogP contribution in [0.4, 0.5) is 0 Å². The van der Waals surface area contributed by atoms with Gasteiger partial charge in [0.2, 0.25) is 0 Å². The topological polar surface area (TPSA) is 23.5 Å². The molecule has 2 nitrogen and oxygen atoms in total. The fraction of sp³-hybridized carbons (Fsp3) is 0.600. The van der Waals surface area contributed by atoms with Gasteiger partial charge in [-0.15, -0.1) is 0 Å². The van der Waals surface area contributed by atoms with Crippen LogP contribution in [-0.2, 0) is 6.42 Å². The highest BCUT2D eigenvalue weighted by Crippen LogP contribution is 2.23. The van der Waals surface area contributed by atoms with Crippen molar-refractivity contribution in [2.45, 2.75) is 45.3 Å². The Bertz CT molecular complexity index is 344. The molecule has 96 valence electrons. The van der Waals surface area contributed by atoms with E-state index in [1.54, 1.807) is 0 Å². The average Bonchev–Trinajstić information content (AvgIpc) is 2.30. The minimum atomic E-state index is -0.342. The number of benzene rings is 1. The summed E-state index contributed by atoms with van der Waals surface area (Å²) in [5, 5.41) is 10.4. The van der Waals surface area contributed by atoms with Crippen LogP contribution in [0.2, 0.25) is 0 Å². The molecule has 0 amide bonds. The highest BCUT2D eigenvalue weighted by Gasteiger charge is 2.33. The van der Waals surface area contributed by atoms with Crippen molar-refractivity contribution in [1.82, 2.24) is 4.90 Å². The number of likely N-dealkylation sites (N-methyl/N-ethyl adjacent to an activating group) is 1. The Hall–Kier alpha value is -0.860. The summed E-state index contributed by atoms with van der Waals surface area (Å²) >= 11 is 0. The third kappa shape index (κ3) is 3.30. The minimum absolute atomic E-state index is 0.162. The van der Waals surface area contributed by atoms with Crippen molar-refractivity contribution in [3.05, 3.63) is 35.4 Å². The number of rotatable bonds is 5. The molecule has 1 aromatic carbocycles. The van der Waals surface area contributed by atoms with Crippen LogP contribution in [0.25, 0.3) is 0 Å². The van der Waals surface area contributed by atoms with Crippen molar-refractivity contribution < 1.29 is 5.11 Å². The molecule has 0 heterocycles. The average molecular weight is 235 g/mol. The maximum absolute atomic E-state index is 10.4. The molecular weight excluding hydrogens is 210 g/mol. The molecule has 0 aliphatic rings. The van der Waals surface area contributed by atoms with E-state index in [4.69, 9.17) is 0 Å². The maximum atomic E-state index is 10.4. The van der Waals surface area contributed by atoms with Gasteiger partial charge in [0.15, 0.2) is 0 Å². The second-order valence-electron chi connectivity index (χ2n) is 5.31. The van der Waals surface area contributed by atoms with Crippen LogP contribution in [0.3, 0.4) is 0 Å². The van der Waals surface area contributed by atoms with E-state index >= 15 is 0 Å². The fourth-order valence-corrected chi connectivity index (χ4v) is 2.02. The number of hydrogen-bond donors (Lipinski definition) is 1. The number of hydrogen-bond acceptors (Lipinski definition) is 2. The smallest absolute Gasteiger partial charge is 0.0761 e. The first-order valence-electron chi connectivity index (χ1n) is 6.31. The SMILES string of the molecule is CCC(C)(C(O)Cc1ccc(C)cc1)N(C)C. The monoisotopic (exact) mass is 235 g/mol. The summed E-state index contributed by atoms with van der Waals surface area (Å²) in [5.74, 6) is 0. The maximum Gasteiger partial charge on any atom is 0.0761 e. The second-order valence-corrected chi connectivity index (χ2v) is 5.31. The van der Waals surface area contributed by atoms with Crippen molar-refractivity contribution in [3.8, 4) is 0 Å². The molecule has 0 fully saturated rings. The van der Waals surface area contributed by atoms with Gasteiger partial charge in [-0.2, -0.15) is 0 Å². The van der Waals surface area contributed by atoms with Crippen molar-refractivity contribution in [2.75, 3.05) is 14.1 Å². The molecule has 1 rings (SSSR count). The van der Waals surface area contributed by atoms with E-state index in [2.05, 4.69) is 49.9 Å². The molecule has 0 saturated heterocycles. The zero-order valence-corrected chi connectivity index (χ0v) is 11.7. The Morgan fingerprint density at radius 2 is 1.76 bits per heavy atom. The highest BCUT2D eigenvalue weighted by molar-refractivity contribution is 5.22. The first-order valence-corrected chi connectivity index (χ1v) is 6.31. The van der Waals surface area contributed by atoms with Crippen LogP contribution < -0.4 is 0 Å². The molecule has 0 saturated carbocycles. The van der Waals surface area contributed by atoms with Crippen LogP contribution in [0.15, 0.2) is 24.3 Å². The van der Waals surface area contributed by atoms with E-state index in [-0.39, 0.29) is 11.6 Å². The van der Waals surface area contributed by atoms with Crippen molar-refractivity contribution in [1.29, 1.82) is 0 Å². The second kappa shape index (κ2) is 5.65. The number of aryl methyl sites for hydroxylation is 1. The Labute approximate surface area is 105 Å². The van der Waals surface area contributed by atoms with E-state index in [9.17, 15) is 5.11 Å². The van der Waals surface area contributed by atoms with Crippen molar-refractivity contribution in [2.24, 2.45) is 0 Å². The quantitative estimate of drug-likeness (QED) is 0.848. The number of aliphatic hydroxyl groups excluding tert-OH is 1. The third-order valence-electron chi connectivity index (χ3n) is 4.00. The van der Waals surface area contributed by atoms with Gasteiger partial charge in [-0.1, -0.05) is 36.8 Å². The normalized spacial score (nSPS) is 16.9. The molecule has 2 heteroatoms. The molecule has 0 radical (unpaired) electrons. The molecule has 1 N–H and O–H groups in total. The van der Waals surface area contributed by atoms with Crippen LogP contribution in [0.5, 0.6) is 0 Å². The molecule has 2 unspecified atom stereocenters. The van der Waals surface area contributed by atoms with Gasteiger partial charge in [-0.05, 0) is 39.9 Å². The lowest BCUT2D eigenvalue weighted by Gasteiger charge is -2.40. The van der Waals surface area contributed by atoms with E-state index in [1.165, 1.54) is 11.1 Å². The largest absolute Gasteiger partial charge is 0.391 e. The lowest BCUT2D eigenvalue weighted by Crippen LogP contribution is -2.51. The van der Waals surface area contributed by atoms with Crippen LogP contribution in [-0.4, -0.2) is 35.7 Å². The molecule has 2 atom stereocenters. The molecule has 0 aromatic heterocycles. The summed E-state index contributed by atoms with van der Waals surface area (Å²) < 4.78 is 0. The Morgan fingerprint density at radius 1 is 1.24 bits per heavy atom. The fourth-order valence-electron chi connectivity index (χ4n) is 2.02. The summed E-state index contributed by atoms with van der Waals surface area (Å²) in [7, 11) is 4.06. The van der Waals surface area contributed by atoms with Gasteiger partial charge in [0, 0.05) is 12.0 Å². The van der Waals surface area contributed by atoms with Gasteiger partial charge in [0.05, 0.1) is 6.10 Å². The molecule has 0 spiro atoms. The van der Waals surface area contributed by atoms with Gasteiger partial charge >= 0.3 is 0 Å². The summed E-state index contributed by atoms with van der Waals surface area (Å²) in [5.41, 5.74) is 2.30. The standard InChI is InChI=1S/C15H25NO/c1-6-15(3,16(4)5)14(17)11-13-9-7-12(2)8-10-13/h7-10,14,17H,6,11H2,1-5H3. The van der Waals surface area contributed by atoms with Gasteiger partial charge in [-0.25, -0.2) is 0 Å². The molecule has 17 heavy (non-hydrogen) atoms. The molecule has 0 aliphatic carbocycles. The summed E-state index contributed by atoms with van der Waals surface area (Å²) in [4.78, 5) is 2.12. The van der Waals surface area contributed by atoms with E-state index in [0.29, 0.717) is 6.42 Å².